The molecule has 3 aromatic rings. The molecule has 0 radical (unpaired) electrons. The summed E-state index contributed by atoms with van der Waals surface area (Å²) in [5.74, 6) is -0.0542. The number of aliphatic hydroxyl groups excluding tert-OH is 2. The third kappa shape index (κ3) is 4.51. The van der Waals surface area contributed by atoms with Crippen LogP contribution in [-0.2, 0) is 14.2 Å². The number of imidazole rings is 1. The van der Waals surface area contributed by atoms with E-state index in [0.717, 1.165) is 0 Å². The van der Waals surface area contributed by atoms with Gasteiger partial charge in [-0.3, -0.25) is 14.3 Å². The lowest BCUT2D eigenvalue weighted by molar-refractivity contribution is -0.137. The standard InChI is InChI=1S/C19H23N7O6/c20-16-13-17(24-8-23-16)26(9-25-13)19-15(14(28)12(7-27)32-19)31-10-30-5-4-22-18(29)11-2-1-3-21-6-11/h1-3,6,8-9,12,14-15,19,27-28H,4-5,7,10H2,(H,22,29)(H2,20,23,24)/t12-,14-,15-,19-/m1/s1. The minimum atomic E-state index is -1.12. The number of carbonyl (C=O) groups is 1. The number of carbonyl (C=O) groups excluding carboxylic acids is 1. The Balaban J connectivity index is 1.33. The van der Waals surface area contributed by atoms with Crippen LogP contribution in [0.5, 0.6) is 0 Å². The summed E-state index contributed by atoms with van der Waals surface area (Å²) in [6.45, 7) is -0.137. The molecule has 0 unspecified atom stereocenters. The molecule has 0 saturated carbocycles. The smallest absolute Gasteiger partial charge is 0.252 e. The van der Waals surface area contributed by atoms with Crippen molar-refractivity contribution in [1.29, 1.82) is 0 Å². The molecule has 32 heavy (non-hydrogen) atoms. The first-order valence-corrected chi connectivity index (χ1v) is 9.85. The molecule has 0 aromatic carbocycles. The average Bonchev–Trinajstić information content (AvgIpc) is 3.38. The number of ether oxygens (including phenoxy) is 3. The Morgan fingerprint density at radius 3 is 3.00 bits per heavy atom. The molecule has 4 atom stereocenters. The van der Waals surface area contributed by atoms with E-state index in [1.807, 2.05) is 0 Å². The number of fused-ring (bicyclic) bond motifs is 1. The van der Waals surface area contributed by atoms with Gasteiger partial charge in [0.15, 0.2) is 17.7 Å². The van der Waals surface area contributed by atoms with Crippen LogP contribution in [0.2, 0.25) is 0 Å². The van der Waals surface area contributed by atoms with E-state index in [2.05, 4.69) is 25.3 Å². The van der Waals surface area contributed by atoms with E-state index in [-0.39, 0.29) is 31.7 Å². The van der Waals surface area contributed by atoms with E-state index in [0.29, 0.717) is 16.7 Å². The molecule has 170 valence electrons. The number of nitrogens with two attached hydrogens (primary N) is 1. The van der Waals surface area contributed by atoms with Gasteiger partial charge in [-0.05, 0) is 12.1 Å². The summed E-state index contributed by atoms with van der Waals surface area (Å²) in [5, 5.41) is 22.8. The third-order valence-corrected chi connectivity index (χ3v) is 4.95. The summed E-state index contributed by atoms with van der Waals surface area (Å²) in [4.78, 5) is 28.1. The first-order chi connectivity index (χ1) is 15.6. The highest BCUT2D eigenvalue weighted by atomic mass is 16.7. The topological polar surface area (TPSA) is 180 Å². The molecule has 1 aliphatic rings. The van der Waals surface area contributed by atoms with Gasteiger partial charge in [0, 0.05) is 18.9 Å². The summed E-state index contributed by atoms with van der Waals surface area (Å²) >= 11 is 0. The second-order valence-electron chi connectivity index (χ2n) is 6.98. The van der Waals surface area contributed by atoms with Crippen molar-refractivity contribution in [2.24, 2.45) is 0 Å². The number of aromatic nitrogens is 5. The van der Waals surface area contributed by atoms with Crippen molar-refractivity contribution < 1.29 is 29.2 Å². The van der Waals surface area contributed by atoms with Gasteiger partial charge in [-0.25, -0.2) is 15.0 Å². The maximum absolute atomic E-state index is 12.0. The maximum Gasteiger partial charge on any atom is 0.252 e. The molecule has 3 aromatic heterocycles. The fourth-order valence-electron chi connectivity index (χ4n) is 3.35. The molecule has 1 amide bonds. The van der Waals surface area contributed by atoms with Gasteiger partial charge in [0.05, 0.1) is 25.1 Å². The van der Waals surface area contributed by atoms with Crippen LogP contribution in [0.4, 0.5) is 5.82 Å². The Kier molecular flexibility index (Phi) is 6.82. The number of nitrogens with zero attached hydrogens (tertiary/aromatic N) is 5. The molecule has 0 spiro atoms. The quantitative estimate of drug-likeness (QED) is 0.230. The zero-order chi connectivity index (χ0) is 22.5. The van der Waals surface area contributed by atoms with Crippen molar-refractivity contribution in [3.8, 4) is 0 Å². The Morgan fingerprint density at radius 2 is 2.22 bits per heavy atom. The number of pyridine rings is 1. The number of nitrogen functional groups attached to an aromatic ring is 1. The minimum absolute atomic E-state index is 0.174. The second-order valence-corrected chi connectivity index (χ2v) is 6.98. The largest absolute Gasteiger partial charge is 0.394 e. The highest BCUT2D eigenvalue weighted by molar-refractivity contribution is 5.93. The number of rotatable bonds is 9. The minimum Gasteiger partial charge on any atom is -0.394 e. The second kappa shape index (κ2) is 9.93. The fraction of sp³-hybridized carbons (Fsp3) is 0.421. The van der Waals surface area contributed by atoms with Crippen molar-refractivity contribution in [2.45, 2.75) is 24.5 Å². The zero-order valence-corrected chi connectivity index (χ0v) is 16.9. The number of aliphatic hydroxyl groups is 2. The molecule has 0 bridgehead atoms. The predicted octanol–water partition coefficient (Wildman–Crippen LogP) is -1.16. The van der Waals surface area contributed by atoms with E-state index < -0.39 is 31.1 Å². The number of anilines is 1. The van der Waals surface area contributed by atoms with E-state index in [1.54, 1.807) is 22.9 Å². The van der Waals surface area contributed by atoms with E-state index in [4.69, 9.17) is 19.9 Å². The van der Waals surface area contributed by atoms with E-state index in [1.165, 1.54) is 18.9 Å². The summed E-state index contributed by atoms with van der Waals surface area (Å²) < 4.78 is 18.4. The zero-order valence-electron chi connectivity index (χ0n) is 16.9. The van der Waals surface area contributed by atoms with Crippen LogP contribution in [0.25, 0.3) is 11.2 Å². The van der Waals surface area contributed by atoms with Crippen LogP contribution in [0, 0.1) is 0 Å². The first-order valence-electron chi connectivity index (χ1n) is 9.85. The van der Waals surface area contributed by atoms with Gasteiger partial charge in [-0.15, -0.1) is 0 Å². The van der Waals surface area contributed by atoms with Crippen LogP contribution in [0.3, 0.4) is 0 Å². The monoisotopic (exact) mass is 445 g/mol. The van der Waals surface area contributed by atoms with Gasteiger partial charge in [-0.2, -0.15) is 0 Å². The van der Waals surface area contributed by atoms with Crippen molar-refractivity contribution in [3.05, 3.63) is 42.7 Å². The number of hydrogen-bond acceptors (Lipinski definition) is 11. The van der Waals surface area contributed by atoms with E-state index >= 15 is 0 Å². The third-order valence-electron chi connectivity index (χ3n) is 4.95. The van der Waals surface area contributed by atoms with Crippen molar-refractivity contribution in [1.82, 2.24) is 29.8 Å². The molecule has 4 heterocycles. The van der Waals surface area contributed by atoms with Crippen LogP contribution in [0.15, 0.2) is 37.2 Å². The summed E-state index contributed by atoms with van der Waals surface area (Å²) in [6, 6.07) is 3.33. The predicted molar refractivity (Wildman–Crippen MR) is 109 cm³/mol. The van der Waals surface area contributed by atoms with Gasteiger partial charge in [0.25, 0.3) is 5.91 Å². The van der Waals surface area contributed by atoms with Crippen LogP contribution in [-0.4, -0.2) is 85.5 Å². The van der Waals surface area contributed by atoms with Gasteiger partial charge in [-0.1, -0.05) is 0 Å². The Bertz CT molecular complexity index is 1050. The van der Waals surface area contributed by atoms with Gasteiger partial charge >= 0.3 is 0 Å². The Labute approximate surface area is 182 Å². The molecular weight excluding hydrogens is 422 g/mol. The van der Waals surface area contributed by atoms with Gasteiger partial charge in [0.2, 0.25) is 0 Å². The fourth-order valence-corrected chi connectivity index (χ4v) is 3.35. The van der Waals surface area contributed by atoms with Crippen molar-refractivity contribution in [2.75, 3.05) is 32.3 Å². The summed E-state index contributed by atoms with van der Waals surface area (Å²) in [7, 11) is 0. The summed E-state index contributed by atoms with van der Waals surface area (Å²) in [6.07, 6.45) is 2.14. The Hall–Kier alpha value is -3.23. The molecule has 4 rings (SSSR count). The van der Waals surface area contributed by atoms with Gasteiger partial charge in [0.1, 0.15) is 36.9 Å². The van der Waals surface area contributed by atoms with Crippen LogP contribution < -0.4 is 11.1 Å². The molecule has 13 heteroatoms. The maximum atomic E-state index is 12.0. The molecule has 13 nitrogen and oxygen atoms in total. The SMILES string of the molecule is Nc1ncnc2c1ncn2[C@@H]1O[C@H](CO)[C@@H](O)[C@H]1OCOCCNC(=O)c1cccnc1. The number of nitrogens with one attached hydrogen (secondary N) is 1. The lowest BCUT2D eigenvalue weighted by Crippen LogP contribution is -2.36. The van der Waals surface area contributed by atoms with Crippen molar-refractivity contribution >= 4 is 22.9 Å². The molecule has 1 saturated heterocycles. The van der Waals surface area contributed by atoms with Crippen LogP contribution in [0.1, 0.15) is 16.6 Å². The highest BCUT2D eigenvalue weighted by Crippen LogP contribution is 2.33. The lowest BCUT2D eigenvalue weighted by atomic mass is 10.1. The van der Waals surface area contributed by atoms with Crippen molar-refractivity contribution in [3.63, 3.8) is 0 Å². The lowest BCUT2D eigenvalue weighted by Gasteiger charge is -2.22. The normalized spacial score (nSPS) is 22.9. The first kappa shape index (κ1) is 22.0. The molecule has 5 N–H and O–H groups in total. The average molecular weight is 445 g/mol. The molecule has 1 aliphatic heterocycles. The van der Waals surface area contributed by atoms with Gasteiger partial charge < -0.3 is 35.5 Å². The van der Waals surface area contributed by atoms with E-state index in [9.17, 15) is 15.0 Å². The summed E-state index contributed by atoms with van der Waals surface area (Å²) in [5.41, 5.74) is 7.07. The highest BCUT2D eigenvalue weighted by Gasteiger charge is 2.46. The number of hydrogen-bond donors (Lipinski definition) is 4. The molecule has 0 aliphatic carbocycles. The van der Waals surface area contributed by atoms with Crippen LogP contribution >= 0.6 is 0 Å². The molecule has 1 fully saturated rings. The Morgan fingerprint density at radius 1 is 1.34 bits per heavy atom. The molecular formula is C19H23N7O6. The number of amides is 1.